The van der Waals surface area contributed by atoms with Crippen molar-refractivity contribution in [3.8, 4) is 5.75 Å². The molecule has 2 aliphatic heterocycles. The summed E-state index contributed by atoms with van der Waals surface area (Å²) in [6.07, 6.45) is 2.37. The predicted molar refractivity (Wildman–Crippen MR) is 115 cm³/mol. The molecular formula is C21H29ClN2O6S. The third-order valence-corrected chi connectivity index (χ3v) is 8.02. The molecule has 3 rings (SSSR count). The van der Waals surface area contributed by atoms with Crippen LogP contribution < -0.4 is 4.74 Å². The van der Waals surface area contributed by atoms with E-state index in [1.165, 1.54) is 23.5 Å². The standard InChI is InChI=1S/C21H29ClN2O6S/c1-3-30-21(26)15-8-11-23(12-9-15)20(25)16-5-4-10-24(14-16)31(27,28)19-13-17(22)6-7-18(19)29-2/h6-7,13,15-16H,3-5,8-12,14H2,1-2H3/t16-/m0/s1. The number of carbonyl (C=O) groups is 2. The maximum atomic E-state index is 13.3. The van der Waals surface area contributed by atoms with Crippen LogP contribution in [0, 0.1) is 11.8 Å². The second kappa shape index (κ2) is 10.2. The number of esters is 1. The highest BCUT2D eigenvalue weighted by Crippen LogP contribution is 2.32. The molecule has 1 aromatic rings. The molecule has 172 valence electrons. The fourth-order valence-electron chi connectivity index (χ4n) is 4.21. The minimum absolute atomic E-state index is 0.00542. The highest BCUT2D eigenvalue weighted by atomic mass is 35.5. The lowest BCUT2D eigenvalue weighted by Crippen LogP contribution is -2.49. The van der Waals surface area contributed by atoms with Gasteiger partial charge >= 0.3 is 5.97 Å². The van der Waals surface area contributed by atoms with Crippen molar-refractivity contribution in [1.82, 2.24) is 9.21 Å². The van der Waals surface area contributed by atoms with Crippen LogP contribution in [0.2, 0.25) is 5.02 Å². The number of amides is 1. The first kappa shape index (κ1) is 23.8. The molecule has 1 amide bonds. The van der Waals surface area contributed by atoms with Gasteiger partial charge in [0.2, 0.25) is 15.9 Å². The van der Waals surface area contributed by atoms with Crippen molar-refractivity contribution in [2.24, 2.45) is 11.8 Å². The maximum absolute atomic E-state index is 13.3. The van der Waals surface area contributed by atoms with Crippen LogP contribution in [-0.4, -0.2) is 69.4 Å². The number of ether oxygens (including phenoxy) is 2. The van der Waals surface area contributed by atoms with Crippen molar-refractivity contribution >= 4 is 33.5 Å². The van der Waals surface area contributed by atoms with Crippen LogP contribution in [0.4, 0.5) is 0 Å². The van der Waals surface area contributed by atoms with Crippen molar-refractivity contribution in [3.63, 3.8) is 0 Å². The molecule has 0 radical (unpaired) electrons. The summed E-state index contributed by atoms with van der Waals surface area (Å²) in [5, 5.41) is 0.300. The van der Waals surface area contributed by atoms with Crippen molar-refractivity contribution in [3.05, 3.63) is 23.2 Å². The summed E-state index contributed by atoms with van der Waals surface area (Å²) in [5.74, 6) is -0.630. The summed E-state index contributed by atoms with van der Waals surface area (Å²) in [7, 11) is -2.45. The molecule has 2 fully saturated rings. The third-order valence-electron chi connectivity index (χ3n) is 5.90. The van der Waals surface area contributed by atoms with E-state index >= 15 is 0 Å². The van der Waals surface area contributed by atoms with E-state index in [0.29, 0.717) is 56.9 Å². The van der Waals surface area contributed by atoms with Crippen molar-refractivity contribution in [2.45, 2.75) is 37.5 Å². The van der Waals surface area contributed by atoms with Gasteiger partial charge in [-0.25, -0.2) is 8.42 Å². The second-order valence-electron chi connectivity index (χ2n) is 7.85. The predicted octanol–water partition coefficient (Wildman–Crippen LogP) is 2.55. The Morgan fingerprint density at radius 3 is 2.48 bits per heavy atom. The number of nitrogens with zero attached hydrogens (tertiary/aromatic N) is 2. The Balaban J connectivity index is 1.67. The number of carbonyl (C=O) groups excluding carboxylic acids is 2. The Labute approximate surface area is 188 Å². The van der Waals surface area contributed by atoms with E-state index in [9.17, 15) is 18.0 Å². The van der Waals surface area contributed by atoms with E-state index in [1.807, 2.05) is 0 Å². The molecule has 0 unspecified atom stereocenters. The molecule has 2 heterocycles. The van der Waals surface area contributed by atoms with E-state index in [2.05, 4.69) is 0 Å². The normalized spacial score (nSPS) is 21.0. The summed E-state index contributed by atoms with van der Waals surface area (Å²) in [6, 6.07) is 4.47. The summed E-state index contributed by atoms with van der Waals surface area (Å²) in [4.78, 5) is 26.8. The van der Waals surface area contributed by atoms with Crippen LogP contribution in [0.5, 0.6) is 5.75 Å². The number of benzene rings is 1. The Hall–Kier alpha value is -1.84. The van der Waals surface area contributed by atoms with E-state index in [4.69, 9.17) is 21.1 Å². The Morgan fingerprint density at radius 2 is 1.84 bits per heavy atom. The first-order valence-corrected chi connectivity index (χ1v) is 12.4. The smallest absolute Gasteiger partial charge is 0.309 e. The lowest BCUT2D eigenvalue weighted by atomic mass is 9.93. The lowest BCUT2D eigenvalue weighted by Gasteiger charge is -2.37. The van der Waals surface area contributed by atoms with Gasteiger partial charge in [0.1, 0.15) is 10.6 Å². The minimum Gasteiger partial charge on any atom is -0.495 e. The Bertz CT molecular complexity index is 914. The molecule has 0 bridgehead atoms. The number of hydrogen-bond acceptors (Lipinski definition) is 6. The second-order valence-corrected chi connectivity index (χ2v) is 10.2. The average molecular weight is 473 g/mol. The van der Waals surface area contributed by atoms with Crippen LogP contribution in [-0.2, 0) is 24.3 Å². The van der Waals surface area contributed by atoms with Crippen LogP contribution in [0.25, 0.3) is 0 Å². The number of sulfonamides is 1. The number of halogens is 1. The summed E-state index contributed by atoms with van der Waals surface area (Å²) in [5.41, 5.74) is 0. The molecule has 8 nitrogen and oxygen atoms in total. The molecule has 0 saturated carbocycles. The number of likely N-dealkylation sites (tertiary alicyclic amines) is 1. The Morgan fingerprint density at radius 1 is 1.13 bits per heavy atom. The van der Waals surface area contributed by atoms with Gasteiger partial charge in [0.05, 0.1) is 25.6 Å². The van der Waals surface area contributed by atoms with Gasteiger partial charge in [-0.1, -0.05) is 11.6 Å². The van der Waals surface area contributed by atoms with Crippen LogP contribution in [0.1, 0.15) is 32.6 Å². The zero-order chi connectivity index (χ0) is 22.6. The van der Waals surface area contributed by atoms with Crippen molar-refractivity contribution in [2.75, 3.05) is 39.9 Å². The van der Waals surface area contributed by atoms with Gasteiger partial charge in [0.25, 0.3) is 0 Å². The molecule has 2 saturated heterocycles. The quantitative estimate of drug-likeness (QED) is 0.591. The van der Waals surface area contributed by atoms with Crippen LogP contribution >= 0.6 is 11.6 Å². The Kier molecular flexibility index (Phi) is 7.82. The molecule has 0 aromatic heterocycles. The molecule has 0 N–H and O–H groups in total. The molecule has 1 aromatic carbocycles. The fraction of sp³-hybridized carbons (Fsp3) is 0.619. The minimum atomic E-state index is -3.86. The van der Waals surface area contributed by atoms with Gasteiger partial charge < -0.3 is 14.4 Å². The highest BCUT2D eigenvalue weighted by molar-refractivity contribution is 7.89. The number of rotatable bonds is 6. The summed E-state index contributed by atoms with van der Waals surface area (Å²) < 4.78 is 38.1. The zero-order valence-electron chi connectivity index (χ0n) is 17.9. The maximum Gasteiger partial charge on any atom is 0.309 e. The summed E-state index contributed by atoms with van der Waals surface area (Å²) in [6.45, 7) is 3.54. The molecule has 31 heavy (non-hydrogen) atoms. The van der Waals surface area contributed by atoms with Crippen LogP contribution in [0.15, 0.2) is 23.1 Å². The lowest BCUT2D eigenvalue weighted by molar-refractivity contribution is -0.152. The van der Waals surface area contributed by atoms with Gasteiger partial charge in [0.15, 0.2) is 0 Å². The molecule has 2 aliphatic rings. The molecular weight excluding hydrogens is 444 g/mol. The highest BCUT2D eigenvalue weighted by Gasteiger charge is 2.37. The average Bonchev–Trinajstić information content (AvgIpc) is 2.79. The summed E-state index contributed by atoms with van der Waals surface area (Å²) >= 11 is 6.02. The number of hydrogen-bond donors (Lipinski definition) is 0. The molecule has 10 heteroatoms. The monoisotopic (exact) mass is 472 g/mol. The van der Waals surface area contributed by atoms with E-state index < -0.39 is 15.9 Å². The van der Waals surface area contributed by atoms with Gasteiger partial charge in [0, 0.05) is 31.2 Å². The van der Waals surface area contributed by atoms with Crippen molar-refractivity contribution < 1.29 is 27.5 Å². The van der Waals surface area contributed by atoms with Gasteiger partial charge in [-0.2, -0.15) is 4.31 Å². The SMILES string of the molecule is CCOC(=O)C1CCN(C(=O)[C@H]2CCCN(S(=O)(=O)c3cc(Cl)ccc3OC)C2)CC1. The van der Waals surface area contributed by atoms with Crippen LogP contribution in [0.3, 0.4) is 0 Å². The van der Waals surface area contributed by atoms with Gasteiger partial charge in [-0.15, -0.1) is 0 Å². The van der Waals surface area contributed by atoms with Gasteiger partial charge in [-0.3, -0.25) is 9.59 Å². The molecule has 0 spiro atoms. The van der Waals surface area contributed by atoms with Gasteiger partial charge in [-0.05, 0) is 50.8 Å². The number of piperidine rings is 2. The first-order chi connectivity index (χ1) is 14.8. The van der Waals surface area contributed by atoms with E-state index in [1.54, 1.807) is 17.9 Å². The largest absolute Gasteiger partial charge is 0.495 e. The third kappa shape index (κ3) is 5.32. The fourth-order valence-corrected chi connectivity index (χ4v) is 6.15. The topological polar surface area (TPSA) is 93.2 Å². The van der Waals surface area contributed by atoms with E-state index in [0.717, 1.165) is 0 Å². The first-order valence-electron chi connectivity index (χ1n) is 10.6. The van der Waals surface area contributed by atoms with E-state index in [-0.39, 0.29) is 35.0 Å². The number of methoxy groups -OCH3 is 1. The van der Waals surface area contributed by atoms with Crippen molar-refractivity contribution in [1.29, 1.82) is 0 Å². The molecule has 1 atom stereocenters. The molecule has 0 aliphatic carbocycles. The zero-order valence-corrected chi connectivity index (χ0v) is 19.5.